The molecule has 0 spiro atoms. The van der Waals surface area contributed by atoms with Crippen molar-refractivity contribution >= 4 is 50.2 Å². The first-order chi connectivity index (χ1) is 19.1. The molecular weight excluding hydrogens is 578 g/mol. The lowest BCUT2D eigenvalue weighted by Gasteiger charge is -2.14. The Labute approximate surface area is 237 Å². The molecule has 2 N–H and O–H groups in total. The second-order valence-corrected chi connectivity index (χ2v) is 10.5. The van der Waals surface area contributed by atoms with Crippen molar-refractivity contribution in [1.29, 1.82) is 0 Å². The molecule has 0 fully saturated rings. The van der Waals surface area contributed by atoms with E-state index in [1.54, 1.807) is 25.1 Å². The molecule has 3 aromatic carbocycles. The Bertz CT molecular complexity index is 1650. The SMILES string of the molecule is COc1cc(-c2ccc3c(c2)Nc2ccc(CCn4cncc4Br)cc2NC3=O)ccc1OCc1cscn1. The summed E-state index contributed by atoms with van der Waals surface area (Å²) in [5, 5.41) is 8.48. The first kappa shape index (κ1) is 25.1. The highest BCUT2D eigenvalue weighted by atomic mass is 79.9. The third kappa shape index (κ3) is 5.39. The fraction of sp³-hybridized carbons (Fsp3) is 0.138. The fourth-order valence-corrected chi connectivity index (χ4v) is 5.40. The number of halogens is 1. The molecule has 0 saturated carbocycles. The summed E-state index contributed by atoms with van der Waals surface area (Å²) in [5.74, 6) is 1.12. The van der Waals surface area contributed by atoms with Gasteiger partial charge in [0.25, 0.3) is 5.91 Å². The highest BCUT2D eigenvalue weighted by Crippen LogP contribution is 2.37. The van der Waals surface area contributed by atoms with Crippen molar-refractivity contribution in [2.45, 2.75) is 19.6 Å². The van der Waals surface area contributed by atoms with Crippen LogP contribution in [0.15, 0.2) is 82.6 Å². The van der Waals surface area contributed by atoms with Gasteiger partial charge in [-0.2, -0.15) is 0 Å². The maximum absolute atomic E-state index is 13.1. The summed E-state index contributed by atoms with van der Waals surface area (Å²) in [7, 11) is 1.62. The molecule has 0 radical (unpaired) electrons. The molecule has 0 saturated heterocycles. The number of hydrogen-bond acceptors (Lipinski definition) is 7. The number of carbonyl (C=O) groups excluding carboxylic acids is 1. The monoisotopic (exact) mass is 601 g/mol. The Hall–Kier alpha value is -4.15. The molecule has 1 amide bonds. The smallest absolute Gasteiger partial charge is 0.257 e. The van der Waals surface area contributed by atoms with Gasteiger partial charge in [-0.05, 0) is 75.4 Å². The van der Waals surface area contributed by atoms with Gasteiger partial charge in [0.15, 0.2) is 11.5 Å². The summed E-state index contributed by atoms with van der Waals surface area (Å²) < 4.78 is 14.5. The van der Waals surface area contributed by atoms with Gasteiger partial charge in [0.1, 0.15) is 11.2 Å². The number of rotatable bonds is 8. The Morgan fingerprint density at radius 2 is 1.85 bits per heavy atom. The molecule has 3 heterocycles. The topological polar surface area (TPSA) is 90.3 Å². The summed E-state index contributed by atoms with van der Waals surface area (Å²) in [5.41, 5.74) is 8.58. The molecule has 196 valence electrons. The number of aryl methyl sites for hydroxylation is 2. The van der Waals surface area contributed by atoms with Crippen molar-refractivity contribution in [2.24, 2.45) is 0 Å². The number of anilines is 3. The van der Waals surface area contributed by atoms with E-state index in [2.05, 4.69) is 42.6 Å². The lowest BCUT2D eigenvalue weighted by molar-refractivity contribution is 0.102. The molecule has 0 atom stereocenters. The Balaban J connectivity index is 1.23. The summed E-state index contributed by atoms with van der Waals surface area (Å²) in [6.07, 6.45) is 4.37. The van der Waals surface area contributed by atoms with Gasteiger partial charge in [-0.25, -0.2) is 9.97 Å². The lowest BCUT2D eigenvalue weighted by Crippen LogP contribution is -2.11. The van der Waals surface area contributed by atoms with Gasteiger partial charge >= 0.3 is 0 Å². The normalized spacial score (nSPS) is 12.1. The van der Waals surface area contributed by atoms with Gasteiger partial charge in [-0.1, -0.05) is 18.2 Å². The van der Waals surface area contributed by atoms with Crippen LogP contribution in [-0.2, 0) is 19.6 Å². The standard InChI is InChI=1S/C29H24BrN5O3S/c1-37-27-12-20(4-7-26(27)38-14-21-15-39-17-32-21)19-3-5-22-24(11-19)33-23-6-2-18(10-25(23)34-29(22)36)8-9-35-16-31-13-28(35)30/h2-7,10-13,15-17,33H,8-9,14H2,1H3,(H,34,36). The van der Waals surface area contributed by atoms with E-state index in [-0.39, 0.29) is 5.91 Å². The molecule has 10 heteroatoms. The van der Waals surface area contributed by atoms with Gasteiger partial charge < -0.3 is 24.7 Å². The number of aromatic nitrogens is 3. The van der Waals surface area contributed by atoms with Gasteiger partial charge in [-0.3, -0.25) is 4.79 Å². The Kier molecular flexibility index (Phi) is 7.04. The minimum absolute atomic E-state index is 0.152. The molecule has 1 aliphatic heterocycles. The Morgan fingerprint density at radius 3 is 2.64 bits per heavy atom. The number of hydrogen-bond donors (Lipinski definition) is 2. The van der Waals surface area contributed by atoms with Crippen molar-refractivity contribution in [3.63, 3.8) is 0 Å². The second-order valence-electron chi connectivity index (χ2n) is 9.01. The van der Waals surface area contributed by atoms with Crippen molar-refractivity contribution in [1.82, 2.24) is 14.5 Å². The number of fused-ring (bicyclic) bond motifs is 2. The van der Waals surface area contributed by atoms with E-state index < -0.39 is 0 Å². The molecule has 0 bridgehead atoms. The van der Waals surface area contributed by atoms with E-state index in [0.717, 1.165) is 57.0 Å². The average Bonchev–Trinajstić information content (AvgIpc) is 3.60. The zero-order valence-electron chi connectivity index (χ0n) is 21.0. The fourth-order valence-electron chi connectivity index (χ4n) is 4.46. The minimum atomic E-state index is -0.152. The van der Waals surface area contributed by atoms with Crippen LogP contribution >= 0.6 is 27.3 Å². The maximum atomic E-state index is 13.1. The average molecular weight is 603 g/mol. The molecule has 39 heavy (non-hydrogen) atoms. The highest BCUT2D eigenvalue weighted by Gasteiger charge is 2.20. The molecule has 5 aromatic rings. The van der Waals surface area contributed by atoms with Crippen LogP contribution in [0.1, 0.15) is 21.6 Å². The summed E-state index contributed by atoms with van der Waals surface area (Å²) in [6.45, 7) is 1.15. The number of amides is 1. The van der Waals surface area contributed by atoms with E-state index in [9.17, 15) is 4.79 Å². The van der Waals surface area contributed by atoms with Crippen molar-refractivity contribution < 1.29 is 14.3 Å². The van der Waals surface area contributed by atoms with E-state index in [1.165, 1.54) is 11.3 Å². The summed E-state index contributed by atoms with van der Waals surface area (Å²) in [6, 6.07) is 17.7. The number of carbonyl (C=O) groups is 1. The van der Waals surface area contributed by atoms with Crippen LogP contribution in [0.4, 0.5) is 17.1 Å². The zero-order valence-corrected chi connectivity index (χ0v) is 23.4. The van der Waals surface area contributed by atoms with E-state index in [0.29, 0.717) is 23.7 Å². The Morgan fingerprint density at radius 1 is 0.974 bits per heavy atom. The van der Waals surface area contributed by atoms with Gasteiger partial charge in [0, 0.05) is 11.9 Å². The largest absolute Gasteiger partial charge is 0.493 e. The molecular formula is C29H24BrN5O3S. The lowest BCUT2D eigenvalue weighted by atomic mass is 10.0. The number of thiazole rings is 1. The minimum Gasteiger partial charge on any atom is -0.493 e. The van der Waals surface area contributed by atoms with E-state index >= 15 is 0 Å². The zero-order chi connectivity index (χ0) is 26.8. The van der Waals surface area contributed by atoms with Crippen LogP contribution in [0.3, 0.4) is 0 Å². The predicted molar refractivity (Wildman–Crippen MR) is 156 cm³/mol. The van der Waals surface area contributed by atoms with Crippen LogP contribution in [-0.4, -0.2) is 27.6 Å². The van der Waals surface area contributed by atoms with Crippen molar-refractivity contribution in [2.75, 3.05) is 17.7 Å². The predicted octanol–water partition coefficient (Wildman–Crippen LogP) is 6.91. The van der Waals surface area contributed by atoms with Gasteiger partial charge in [-0.15, -0.1) is 11.3 Å². The second kappa shape index (κ2) is 10.9. The summed E-state index contributed by atoms with van der Waals surface area (Å²) in [4.78, 5) is 21.5. The molecule has 2 aromatic heterocycles. The van der Waals surface area contributed by atoms with E-state index in [4.69, 9.17) is 9.47 Å². The summed E-state index contributed by atoms with van der Waals surface area (Å²) >= 11 is 5.04. The number of methoxy groups -OCH3 is 1. The first-order valence-electron chi connectivity index (χ1n) is 12.3. The number of imidazole rings is 1. The van der Waals surface area contributed by atoms with Crippen LogP contribution < -0.4 is 20.1 Å². The molecule has 0 aliphatic carbocycles. The van der Waals surface area contributed by atoms with Crippen molar-refractivity contribution in [3.8, 4) is 22.6 Å². The highest BCUT2D eigenvalue weighted by molar-refractivity contribution is 9.10. The maximum Gasteiger partial charge on any atom is 0.257 e. The number of nitrogens with zero attached hydrogens (tertiary/aromatic N) is 3. The number of nitrogens with one attached hydrogen (secondary N) is 2. The first-order valence-corrected chi connectivity index (χ1v) is 14.0. The van der Waals surface area contributed by atoms with Crippen LogP contribution in [0.5, 0.6) is 11.5 Å². The van der Waals surface area contributed by atoms with Crippen LogP contribution in [0.2, 0.25) is 0 Å². The molecule has 0 unspecified atom stereocenters. The third-order valence-electron chi connectivity index (χ3n) is 6.52. The third-order valence-corrected chi connectivity index (χ3v) is 7.82. The van der Waals surface area contributed by atoms with Crippen LogP contribution in [0, 0.1) is 0 Å². The molecule has 6 rings (SSSR count). The molecule has 1 aliphatic rings. The van der Waals surface area contributed by atoms with Gasteiger partial charge in [0.05, 0.1) is 53.5 Å². The number of benzene rings is 3. The van der Waals surface area contributed by atoms with Gasteiger partial charge in [0.2, 0.25) is 0 Å². The van der Waals surface area contributed by atoms with Crippen LogP contribution in [0.25, 0.3) is 11.1 Å². The molecule has 8 nitrogen and oxygen atoms in total. The quantitative estimate of drug-likeness (QED) is 0.201. The van der Waals surface area contributed by atoms with E-state index in [1.807, 2.05) is 58.5 Å². The van der Waals surface area contributed by atoms with Crippen molar-refractivity contribution in [3.05, 3.63) is 99.4 Å². The number of ether oxygens (including phenoxy) is 2.